The molecule has 0 aromatic rings. The van der Waals surface area contributed by atoms with Crippen LogP contribution in [-0.4, -0.2) is 25.3 Å². The van der Waals surface area contributed by atoms with Crippen LogP contribution in [0.5, 0.6) is 0 Å². The summed E-state index contributed by atoms with van der Waals surface area (Å²) < 4.78 is 4.71. The first-order valence-electron chi connectivity index (χ1n) is 3.65. The zero-order valence-corrected chi connectivity index (χ0v) is 7.33. The molecule has 4 heteroatoms. The van der Waals surface area contributed by atoms with Crippen molar-refractivity contribution in [2.75, 3.05) is 13.7 Å². The molecule has 0 amide bonds. The van der Waals surface area contributed by atoms with Gasteiger partial charge >= 0.3 is 5.97 Å². The van der Waals surface area contributed by atoms with Gasteiger partial charge in [-0.05, 0) is 6.92 Å². The number of aliphatic imine (C=N–C) groups is 1. The average Bonchev–Trinajstić information content (AvgIpc) is 2.05. The molecule has 0 rings (SSSR count). The minimum Gasteiger partial charge on any atom is -0.464 e. The van der Waals surface area contributed by atoms with Gasteiger partial charge in [0.25, 0.3) is 0 Å². The average molecular weight is 168 g/mol. The van der Waals surface area contributed by atoms with Crippen molar-refractivity contribution in [3.8, 4) is 6.07 Å². The molecule has 0 spiro atoms. The van der Waals surface area contributed by atoms with Gasteiger partial charge in [0, 0.05) is 12.8 Å². The summed E-state index contributed by atoms with van der Waals surface area (Å²) in [6.45, 7) is 1.93. The van der Waals surface area contributed by atoms with Crippen LogP contribution in [-0.2, 0) is 9.53 Å². The highest BCUT2D eigenvalue weighted by Gasteiger charge is 2.03. The molecule has 0 heterocycles. The highest BCUT2D eigenvalue weighted by molar-refractivity contribution is 5.97. The standard InChI is InChI=1S/C8H12N2O2/c1-7(10-2)6-8(11)12-5-3-4-9/h3,5-6H2,1-2H3. The van der Waals surface area contributed by atoms with Crippen molar-refractivity contribution in [2.24, 2.45) is 4.99 Å². The first-order chi connectivity index (χ1) is 5.70. The fourth-order valence-corrected chi connectivity index (χ4v) is 0.549. The lowest BCUT2D eigenvalue weighted by molar-refractivity contribution is -0.141. The van der Waals surface area contributed by atoms with E-state index in [1.54, 1.807) is 14.0 Å². The lowest BCUT2D eigenvalue weighted by Crippen LogP contribution is -2.09. The van der Waals surface area contributed by atoms with E-state index < -0.39 is 0 Å². The van der Waals surface area contributed by atoms with Crippen molar-refractivity contribution in [3.63, 3.8) is 0 Å². The van der Waals surface area contributed by atoms with Gasteiger partial charge in [0.15, 0.2) is 0 Å². The molecule has 0 radical (unpaired) electrons. The topological polar surface area (TPSA) is 62.4 Å². The zero-order chi connectivity index (χ0) is 9.40. The second-order valence-corrected chi connectivity index (χ2v) is 2.26. The van der Waals surface area contributed by atoms with E-state index in [0.717, 1.165) is 5.71 Å². The van der Waals surface area contributed by atoms with Crippen LogP contribution >= 0.6 is 0 Å². The predicted molar refractivity (Wildman–Crippen MR) is 44.8 cm³/mol. The third-order valence-electron chi connectivity index (χ3n) is 1.26. The first-order valence-corrected chi connectivity index (χ1v) is 3.65. The first kappa shape index (κ1) is 10.6. The number of carbonyl (C=O) groups excluding carboxylic acids is 1. The van der Waals surface area contributed by atoms with Crippen LogP contribution in [0.1, 0.15) is 19.8 Å². The molecule has 0 aliphatic carbocycles. The molecule has 0 N–H and O–H groups in total. The zero-order valence-electron chi connectivity index (χ0n) is 7.33. The van der Waals surface area contributed by atoms with E-state index in [0.29, 0.717) is 0 Å². The van der Waals surface area contributed by atoms with Crippen LogP contribution in [0.25, 0.3) is 0 Å². The lowest BCUT2D eigenvalue weighted by atomic mass is 10.3. The molecule has 0 aromatic carbocycles. The van der Waals surface area contributed by atoms with Gasteiger partial charge in [-0.3, -0.25) is 9.79 Å². The molecule has 0 aromatic heterocycles. The third-order valence-corrected chi connectivity index (χ3v) is 1.26. The van der Waals surface area contributed by atoms with Crippen molar-refractivity contribution in [1.82, 2.24) is 0 Å². The molecule has 0 atom stereocenters. The van der Waals surface area contributed by atoms with Crippen molar-refractivity contribution in [1.29, 1.82) is 5.26 Å². The molecule has 0 aliphatic heterocycles. The molecule has 4 nitrogen and oxygen atoms in total. The summed E-state index contributed by atoms with van der Waals surface area (Å²) in [5, 5.41) is 8.14. The second kappa shape index (κ2) is 6.35. The number of hydrogen-bond acceptors (Lipinski definition) is 4. The maximum Gasteiger partial charge on any atom is 0.311 e. The highest BCUT2D eigenvalue weighted by Crippen LogP contribution is 1.91. The van der Waals surface area contributed by atoms with E-state index in [4.69, 9.17) is 10.00 Å². The normalized spacial score (nSPS) is 10.6. The Morgan fingerprint density at radius 1 is 1.67 bits per heavy atom. The monoisotopic (exact) mass is 168 g/mol. The fraction of sp³-hybridized carbons (Fsp3) is 0.625. The summed E-state index contributed by atoms with van der Waals surface area (Å²) in [7, 11) is 1.62. The summed E-state index contributed by atoms with van der Waals surface area (Å²) in [5.41, 5.74) is 0.733. The molecule has 66 valence electrons. The molecular weight excluding hydrogens is 156 g/mol. The molecular formula is C8H12N2O2. The summed E-state index contributed by atoms with van der Waals surface area (Å²) >= 11 is 0. The van der Waals surface area contributed by atoms with Crippen molar-refractivity contribution in [3.05, 3.63) is 0 Å². The Morgan fingerprint density at radius 3 is 2.83 bits per heavy atom. The maximum absolute atomic E-state index is 10.9. The van der Waals surface area contributed by atoms with Crippen LogP contribution in [0.3, 0.4) is 0 Å². The van der Waals surface area contributed by atoms with E-state index >= 15 is 0 Å². The van der Waals surface area contributed by atoms with Crippen LogP contribution < -0.4 is 0 Å². The largest absolute Gasteiger partial charge is 0.464 e. The summed E-state index contributed by atoms with van der Waals surface area (Å²) in [5.74, 6) is -0.326. The Morgan fingerprint density at radius 2 is 2.33 bits per heavy atom. The van der Waals surface area contributed by atoms with E-state index in [-0.39, 0.29) is 25.4 Å². The molecule has 12 heavy (non-hydrogen) atoms. The Labute approximate surface area is 71.9 Å². The minimum atomic E-state index is -0.326. The summed E-state index contributed by atoms with van der Waals surface area (Å²) in [6, 6.07) is 1.88. The van der Waals surface area contributed by atoms with Gasteiger partial charge in [-0.1, -0.05) is 0 Å². The molecule has 0 saturated carbocycles. The molecule has 0 bridgehead atoms. The summed E-state index contributed by atoms with van der Waals surface area (Å²) in [6.07, 6.45) is 0.454. The van der Waals surface area contributed by atoms with E-state index in [2.05, 4.69) is 4.99 Å². The van der Waals surface area contributed by atoms with E-state index in [1.807, 2.05) is 6.07 Å². The van der Waals surface area contributed by atoms with Crippen molar-refractivity contribution >= 4 is 11.7 Å². The number of nitrogens with zero attached hydrogens (tertiary/aromatic N) is 2. The number of rotatable bonds is 4. The Balaban J connectivity index is 3.55. The number of esters is 1. The predicted octanol–water partition coefficient (Wildman–Crippen LogP) is 0.924. The smallest absolute Gasteiger partial charge is 0.311 e. The fourth-order valence-electron chi connectivity index (χ4n) is 0.549. The van der Waals surface area contributed by atoms with Crippen molar-refractivity contribution in [2.45, 2.75) is 19.8 Å². The minimum absolute atomic E-state index is 0.173. The Kier molecular flexibility index (Phi) is 5.62. The Bertz CT molecular complexity index is 216. The number of carbonyl (C=O) groups is 1. The number of nitriles is 1. The van der Waals surface area contributed by atoms with Gasteiger partial charge in [0.2, 0.25) is 0 Å². The molecule has 0 saturated heterocycles. The highest BCUT2D eigenvalue weighted by atomic mass is 16.5. The molecule has 0 unspecified atom stereocenters. The second-order valence-electron chi connectivity index (χ2n) is 2.26. The Hall–Kier alpha value is -1.37. The van der Waals surface area contributed by atoms with E-state index in [1.165, 1.54) is 0 Å². The van der Waals surface area contributed by atoms with Gasteiger partial charge in [0.1, 0.15) is 6.61 Å². The third kappa shape index (κ3) is 5.42. The van der Waals surface area contributed by atoms with Crippen molar-refractivity contribution < 1.29 is 9.53 Å². The SMILES string of the molecule is CN=C(C)CC(=O)OCCC#N. The van der Waals surface area contributed by atoms with Gasteiger partial charge in [0.05, 0.1) is 18.9 Å². The maximum atomic E-state index is 10.9. The quantitative estimate of drug-likeness (QED) is 0.356. The van der Waals surface area contributed by atoms with Gasteiger partial charge in [-0.25, -0.2) is 0 Å². The van der Waals surface area contributed by atoms with E-state index in [9.17, 15) is 4.79 Å². The summed E-state index contributed by atoms with van der Waals surface area (Å²) in [4.78, 5) is 14.7. The van der Waals surface area contributed by atoms with Crippen LogP contribution in [0, 0.1) is 11.3 Å². The lowest BCUT2D eigenvalue weighted by Gasteiger charge is -2.00. The number of ether oxygens (including phenoxy) is 1. The van der Waals surface area contributed by atoms with Gasteiger partial charge < -0.3 is 4.74 Å². The molecule has 0 aliphatic rings. The number of hydrogen-bond donors (Lipinski definition) is 0. The molecule has 0 fully saturated rings. The van der Waals surface area contributed by atoms with Gasteiger partial charge in [-0.15, -0.1) is 0 Å². The van der Waals surface area contributed by atoms with Crippen LogP contribution in [0.2, 0.25) is 0 Å². The van der Waals surface area contributed by atoms with Gasteiger partial charge in [-0.2, -0.15) is 5.26 Å². The van der Waals surface area contributed by atoms with Crippen LogP contribution in [0.4, 0.5) is 0 Å². The van der Waals surface area contributed by atoms with Crippen LogP contribution in [0.15, 0.2) is 4.99 Å².